The van der Waals surface area contributed by atoms with Crippen LogP contribution in [0.4, 0.5) is 5.82 Å². The smallest absolute Gasteiger partial charge is 0.315 e. The van der Waals surface area contributed by atoms with Crippen molar-refractivity contribution in [3.8, 4) is 11.6 Å². The lowest BCUT2D eigenvalue weighted by molar-refractivity contribution is -0.133. The summed E-state index contributed by atoms with van der Waals surface area (Å²) in [6.45, 7) is 1.91. The van der Waals surface area contributed by atoms with E-state index in [2.05, 4.69) is 25.3 Å². The molecule has 3 aromatic heterocycles. The van der Waals surface area contributed by atoms with E-state index in [-0.39, 0.29) is 30.6 Å². The molecule has 0 spiro atoms. The van der Waals surface area contributed by atoms with E-state index in [0.717, 1.165) is 22.4 Å². The first-order valence-electron chi connectivity index (χ1n) is 11.4. The SMILES string of the molecule is Cc1nn(-c2ncnc3nc[nH]c23)c2c1[C@@H](c1ccc(OC(=O)Cc3ccccc3)cc1)CC(=O)N2. The molecule has 0 saturated carbocycles. The molecule has 5 aromatic rings. The highest BCUT2D eigenvalue weighted by molar-refractivity contribution is 5.95. The number of aromatic amines is 1. The molecule has 1 aliphatic rings. The molecular formula is C26H21N7O3. The van der Waals surface area contributed by atoms with Crippen molar-refractivity contribution in [1.29, 1.82) is 0 Å². The Balaban J connectivity index is 1.29. The van der Waals surface area contributed by atoms with E-state index in [1.54, 1.807) is 23.1 Å². The number of carbonyl (C=O) groups is 2. The number of anilines is 1. The van der Waals surface area contributed by atoms with Gasteiger partial charge >= 0.3 is 5.97 Å². The van der Waals surface area contributed by atoms with Crippen LogP contribution in [0.3, 0.4) is 0 Å². The van der Waals surface area contributed by atoms with Crippen LogP contribution in [0.25, 0.3) is 17.0 Å². The van der Waals surface area contributed by atoms with Crippen molar-refractivity contribution < 1.29 is 14.3 Å². The Labute approximate surface area is 205 Å². The Morgan fingerprint density at radius 1 is 1.08 bits per heavy atom. The quantitative estimate of drug-likeness (QED) is 0.292. The van der Waals surface area contributed by atoms with E-state index in [0.29, 0.717) is 28.5 Å². The molecule has 1 aliphatic heterocycles. The molecule has 0 bridgehead atoms. The molecular weight excluding hydrogens is 458 g/mol. The predicted molar refractivity (Wildman–Crippen MR) is 131 cm³/mol. The van der Waals surface area contributed by atoms with Crippen LogP contribution in [-0.2, 0) is 16.0 Å². The van der Waals surface area contributed by atoms with Gasteiger partial charge in [0.05, 0.1) is 18.4 Å². The molecule has 1 atom stereocenters. The summed E-state index contributed by atoms with van der Waals surface area (Å²) in [7, 11) is 0. The van der Waals surface area contributed by atoms with Crippen molar-refractivity contribution in [3.05, 3.63) is 89.6 Å². The molecule has 0 aliphatic carbocycles. The second kappa shape index (κ2) is 8.73. The third kappa shape index (κ3) is 3.88. The zero-order valence-corrected chi connectivity index (χ0v) is 19.3. The Kier molecular flexibility index (Phi) is 5.25. The number of esters is 1. The lowest BCUT2D eigenvalue weighted by Gasteiger charge is -2.24. The minimum atomic E-state index is -0.333. The monoisotopic (exact) mass is 479 g/mol. The fraction of sp³-hybridized carbons (Fsp3) is 0.154. The Morgan fingerprint density at radius 2 is 1.89 bits per heavy atom. The van der Waals surface area contributed by atoms with Crippen LogP contribution in [0.2, 0.25) is 0 Å². The topological polar surface area (TPSA) is 128 Å². The summed E-state index contributed by atoms with van der Waals surface area (Å²) in [5, 5.41) is 7.66. The third-order valence-electron chi connectivity index (χ3n) is 6.21. The molecule has 6 rings (SSSR count). The number of H-pyrrole nitrogens is 1. The van der Waals surface area contributed by atoms with E-state index in [1.807, 2.05) is 49.4 Å². The molecule has 10 nitrogen and oxygen atoms in total. The molecule has 0 unspecified atom stereocenters. The number of carbonyl (C=O) groups excluding carboxylic acids is 2. The van der Waals surface area contributed by atoms with Crippen molar-refractivity contribution in [3.63, 3.8) is 0 Å². The predicted octanol–water partition coefficient (Wildman–Crippen LogP) is 3.47. The molecule has 0 fully saturated rings. The van der Waals surface area contributed by atoms with E-state index in [4.69, 9.17) is 9.84 Å². The number of hydrogen-bond donors (Lipinski definition) is 2. The molecule has 2 N–H and O–H groups in total. The zero-order valence-electron chi connectivity index (χ0n) is 19.3. The Bertz CT molecular complexity index is 1590. The Morgan fingerprint density at radius 3 is 2.69 bits per heavy atom. The number of imidazole rings is 1. The van der Waals surface area contributed by atoms with Crippen molar-refractivity contribution in [2.24, 2.45) is 0 Å². The summed E-state index contributed by atoms with van der Waals surface area (Å²) in [4.78, 5) is 40.8. The first kappa shape index (κ1) is 21.7. The van der Waals surface area contributed by atoms with E-state index < -0.39 is 0 Å². The average molecular weight is 480 g/mol. The van der Waals surface area contributed by atoms with Gasteiger partial charge in [0, 0.05) is 17.9 Å². The number of ether oxygens (including phenoxy) is 1. The van der Waals surface area contributed by atoms with Gasteiger partial charge < -0.3 is 15.0 Å². The largest absolute Gasteiger partial charge is 0.426 e. The minimum Gasteiger partial charge on any atom is -0.426 e. The number of nitrogens with zero attached hydrogens (tertiary/aromatic N) is 5. The van der Waals surface area contributed by atoms with E-state index in [9.17, 15) is 9.59 Å². The van der Waals surface area contributed by atoms with Gasteiger partial charge in [-0.25, -0.2) is 15.0 Å². The van der Waals surface area contributed by atoms with Crippen LogP contribution in [0.5, 0.6) is 5.75 Å². The fourth-order valence-corrected chi connectivity index (χ4v) is 4.60. The Hall–Kier alpha value is -4.86. The van der Waals surface area contributed by atoms with Crippen LogP contribution in [0.1, 0.15) is 34.7 Å². The van der Waals surface area contributed by atoms with Crippen molar-refractivity contribution >= 4 is 28.9 Å². The van der Waals surface area contributed by atoms with Gasteiger partial charge in [0.2, 0.25) is 5.91 Å². The van der Waals surface area contributed by atoms with Gasteiger partial charge in [0.1, 0.15) is 23.4 Å². The zero-order chi connectivity index (χ0) is 24.6. The summed E-state index contributed by atoms with van der Waals surface area (Å²) < 4.78 is 7.13. The van der Waals surface area contributed by atoms with Crippen LogP contribution < -0.4 is 10.1 Å². The van der Waals surface area contributed by atoms with Crippen LogP contribution >= 0.6 is 0 Å². The number of aromatic nitrogens is 6. The van der Waals surface area contributed by atoms with E-state index >= 15 is 0 Å². The maximum Gasteiger partial charge on any atom is 0.315 e. The van der Waals surface area contributed by atoms with Gasteiger partial charge in [-0.2, -0.15) is 9.78 Å². The van der Waals surface area contributed by atoms with Gasteiger partial charge in [-0.1, -0.05) is 42.5 Å². The highest BCUT2D eigenvalue weighted by Crippen LogP contribution is 2.40. The normalized spacial score (nSPS) is 14.9. The van der Waals surface area contributed by atoms with Gasteiger partial charge in [-0.05, 0) is 30.2 Å². The first-order chi connectivity index (χ1) is 17.6. The molecule has 0 saturated heterocycles. The highest BCUT2D eigenvalue weighted by atomic mass is 16.5. The molecule has 178 valence electrons. The number of benzene rings is 2. The summed E-state index contributed by atoms with van der Waals surface area (Å²) in [6.07, 6.45) is 3.43. The molecule has 2 aromatic carbocycles. The van der Waals surface area contributed by atoms with Gasteiger partial charge in [0.15, 0.2) is 11.5 Å². The summed E-state index contributed by atoms with van der Waals surface area (Å²) in [6, 6.07) is 16.7. The highest BCUT2D eigenvalue weighted by Gasteiger charge is 2.33. The second-order valence-electron chi connectivity index (χ2n) is 8.57. The fourth-order valence-electron chi connectivity index (χ4n) is 4.60. The molecule has 4 heterocycles. The summed E-state index contributed by atoms with van der Waals surface area (Å²) in [5.74, 6) is 0.860. The lowest BCUT2D eigenvalue weighted by atomic mass is 9.86. The van der Waals surface area contributed by atoms with Crippen LogP contribution in [0, 0.1) is 6.92 Å². The molecule has 1 amide bonds. The average Bonchev–Trinajstić information content (AvgIpc) is 3.49. The van der Waals surface area contributed by atoms with Crippen LogP contribution in [0.15, 0.2) is 67.3 Å². The van der Waals surface area contributed by atoms with Gasteiger partial charge in [-0.15, -0.1) is 0 Å². The summed E-state index contributed by atoms with van der Waals surface area (Å²) in [5.41, 5.74) is 4.64. The van der Waals surface area contributed by atoms with Gasteiger partial charge in [0.25, 0.3) is 0 Å². The van der Waals surface area contributed by atoms with Crippen LogP contribution in [-0.4, -0.2) is 41.6 Å². The maximum atomic E-state index is 12.7. The minimum absolute atomic E-state index is 0.123. The number of rotatable bonds is 5. The van der Waals surface area contributed by atoms with Gasteiger partial charge in [-0.3, -0.25) is 9.59 Å². The number of amides is 1. The molecule has 10 heteroatoms. The van der Waals surface area contributed by atoms with Crippen molar-refractivity contribution in [2.75, 3.05) is 5.32 Å². The molecule has 0 radical (unpaired) electrons. The lowest BCUT2D eigenvalue weighted by Crippen LogP contribution is -2.25. The number of nitrogens with one attached hydrogen (secondary N) is 2. The number of hydrogen-bond acceptors (Lipinski definition) is 7. The summed E-state index contributed by atoms with van der Waals surface area (Å²) >= 11 is 0. The second-order valence-corrected chi connectivity index (χ2v) is 8.57. The van der Waals surface area contributed by atoms with E-state index in [1.165, 1.54) is 6.33 Å². The third-order valence-corrected chi connectivity index (χ3v) is 6.21. The van der Waals surface area contributed by atoms with Crippen molar-refractivity contribution in [1.82, 2.24) is 29.7 Å². The standard InChI is InChI=1S/C26H21N7O3/c1-15-22-19(17-7-9-18(10-8-17)36-21(35)11-16-5-3-2-4-6-16)12-20(34)31-25(22)33(32-15)26-23-24(28-13-27-23)29-14-30-26/h2-10,13-14,19H,11-12H2,1H3,(H,31,34)(H,27,28,29,30)/t19-/m1/s1. The van der Waals surface area contributed by atoms with Crippen molar-refractivity contribution in [2.45, 2.75) is 25.7 Å². The number of aryl methyl sites for hydroxylation is 1. The molecule has 36 heavy (non-hydrogen) atoms. The number of fused-ring (bicyclic) bond motifs is 2. The maximum absolute atomic E-state index is 12.7. The first-order valence-corrected chi connectivity index (χ1v) is 11.4.